The van der Waals surface area contributed by atoms with Crippen LogP contribution in [0.1, 0.15) is 29.2 Å². The molecule has 236 valence electrons. The minimum atomic E-state index is -4.75. The van der Waals surface area contributed by atoms with Crippen LogP contribution in [0.5, 0.6) is 0 Å². The zero-order valence-electron chi connectivity index (χ0n) is 24.9. The van der Waals surface area contributed by atoms with Crippen LogP contribution in [0.15, 0.2) is 114 Å². The number of nitrogens with one attached hydrogen (secondary N) is 1. The molecule has 11 heteroatoms. The molecule has 0 saturated heterocycles. The van der Waals surface area contributed by atoms with Crippen LogP contribution in [0, 0.1) is 6.92 Å². The van der Waals surface area contributed by atoms with Crippen molar-refractivity contribution in [3.8, 4) is 0 Å². The number of sulfonamides is 1. The molecule has 0 aliphatic rings. The second-order valence-electron chi connectivity index (χ2n) is 10.5. The number of likely N-dealkylation sites (N-methyl/N-ethyl adjacent to an activating group) is 1. The van der Waals surface area contributed by atoms with Crippen molar-refractivity contribution in [3.05, 3.63) is 131 Å². The van der Waals surface area contributed by atoms with Gasteiger partial charge in [0.1, 0.15) is 12.6 Å². The number of aryl methyl sites for hydroxylation is 1. The van der Waals surface area contributed by atoms with Gasteiger partial charge in [-0.3, -0.25) is 13.9 Å². The minimum absolute atomic E-state index is 0.0463. The monoisotopic (exact) mass is 637 g/mol. The highest BCUT2D eigenvalue weighted by Crippen LogP contribution is 2.33. The van der Waals surface area contributed by atoms with Gasteiger partial charge < -0.3 is 10.2 Å². The van der Waals surface area contributed by atoms with Crippen molar-refractivity contribution < 1.29 is 31.2 Å². The van der Waals surface area contributed by atoms with Crippen LogP contribution in [0.4, 0.5) is 18.9 Å². The molecule has 0 heterocycles. The van der Waals surface area contributed by atoms with Crippen molar-refractivity contribution >= 4 is 27.5 Å². The van der Waals surface area contributed by atoms with Crippen molar-refractivity contribution in [3.63, 3.8) is 0 Å². The zero-order valence-corrected chi connectivity index (χ0v) is 25.7. The number of carbonyl (C=O) groups is 2. The third kappa shape index (κ3) is 8.51. The Kier molecular flexibility index (Phi) is 10.7. The van der Waals surface area contributed by atoms with Gasteiger partial charge in [0, 0.05) is 19.5 Å². The average molecular weight is 638 g/mol. The molecule has 45 heavy (non-hydrogen) atoms. The highest BCUT2D eigenvalue weighted by molar-refractivity contribution is 7.92. The second kappa shape index (κ2) is 14.4. The lowest BCUT2D eigenvalue weighted by molar-refractivity contribution is -0.140. The fourth-order valence-electron chi connectivity index (χ4n) is 4.83. The maximum absolute atomic E-state index is 14.3. The number of rotatable bonds is 12. The minimum Gasteiger partial charge on any atom is -0.355 e. The fraction of sp³-hybridized carbons (Fsp3) is 0.235. The van der Waals surface area contributed by atoms with Crippen LogP contribution < -0.4 is 9.62 Å². The predicted octanol–water partition coefficient (Wildman–Crippen LogP) is 5.99. The summed E-state index contributed by atoms with van der Waals surface area (Å²) in [7, 11) is -4.53. The van der Waals surface area contributed by atoms with E-state index in [0.717, 1.165) is 23.3 Å². The molecule has 0 radical (unpaired) electrons. The van der Waals surface area contributed by atoms with E-state index < -0.39 is 46.2 Å². The summed E-state index contributed by atoms with van der Waals surface area (Å²) in [5.74, 6) is -1.21. The van der Waals surface area contributed by atoms with Crippen molar-refractivity contribution in [1.82, 2.24) is 10.2 Å². The molecule has 0 aliphatic heterocycles. The normalized spacial score (nSPS) is 12.3. The third-order valence-electron chi connectivity index (χ3n) is 7.17. The first kappa shape index (κ1) is 33.3. The quantitative estimate of drug-likeness (QED) is 0.207. The molecule has 1 N–H and O–H groups in total. The van der Waals surface area contributed by atoms with Crippen molar-refractivity contribution in [2.45, 2.75) is 43.9 Å². The maximum Gasteiger partial charge on any atom is 0.416 e. The number of benzene rings is 4. The standard InChI is InChI=1S/C34H34F3N3O4S/c1-3-38-33(42)31(21-26-11-6-4-7-12-26)39(23-27-13-8-5-9-14-27)32(41)24-40(29-16-10-15-28(22-29)34(35,36)37)45(43,44)30-19-17-25(2)18-20-30/h4-20,22,31H,3,21,23-24H2,1-2H3,(H,38,42)/t31-/m0/s1. The number of anilines is 1. The second-order valence-corrected chi connectivity index (χ2v) is 12.3. The van der Waals surface area contributed by atoms with E-state index in [1.165, 1.54) is 23.1 Å². The van der Waals surface area contributed by atoms with Gasteiger partial charge in [-0.05, 0) is 55.3 Å². The number of halogens is 3. The van der Waals surface area contributed by atoms with Gasteiger partial charge in [-0.25, -0.2) is 8.42 Å². The Balaban J connectivity index is 1.82. The van der Waals surface area contributed by atoms with Crippen molar-refractivity contribution in [2.24, 2.45) is 0 Å². The third-order valence-corrected chi connectivity index (χ3v) is 8.96. The van der Waals surface area contributed by atoms with E-state index in [-0.39, 0.29) is 30.1 Å². The summed E-state index contributed by atoms with van der Waals surface area (Å²) in [5.41, 5.74) is 0.815. The molecule has 7 nitrogen and oxygen atoms in total. The average Bonchev–Trinajstić information content (AvgIpc) is 3.02. The number of hydrogen-bond donors (Lipinski definition) is 1. The van der Waals surface area contributed by atoms with Crippen LogP contribution >= 0.6 is 0 Å². The molecule has 1 atom stereocenters. The summed E-state index contributed by atoms with van der Waals surface area (Å²) in [6.07, 6.45) is -4.63. The summed E-state index contributed by atoms with van der Waals surface area (Å²) < 4.78 is 69.8. The molecule has 0 fully saturated rings. The van der Waals surface area contributed by atoms with Gasteiger partial charge in [0.05, 0.1) is 16.1 Å². The Morgan fingerprint density at radius 1 is 0.822 bits per heavy atom. The molecule has 4 aromatic carbocycles. The number of carbonyl (C=O) groups excluding carboxylic acids is 2. The van der Waals surface area contributed by atoms with Gasteiger partial charge >= 0.3 is 6.18 Å². The highest BCUT2D eigenvalue weighted by Gasteiger charge is 2.36. The van der Waals surface area contributed by atoms with E-state index in [9.17, 15) is 31.2 Å². The topological polar surface area (TPSA) is 86.8 Å². The Bertz CT molecular complexity index is 1700. The molecule has 0 aliphatic carbocycles. The van der Waals surface area contributed by atoms with E-state index in [1.807, 2.05) is 18.2 Å². The molecule has 4 rings (SSSR count). The largest absolute Gasteiger partial charge is 0.416 e. The Labute approximate surface area is 261 Å². The number of amides is 2. The maximum atomic E-state index is 14.3. The first-order valence-electron chi connectivity index (χ1n) is 14.3. The van der Waals surface area contributed by atoms with Gasteiger partial charge in [-0.1, -0.05) is 84.4 Å². The molecule has 0 saturated carbocycles. The first-order valence-corrected chi connectivity index (χ1v) is 15.8. The molecular formula is C34H34F3N3O4S. The van der Waals surface area contributed by atoms with Crippen LogP contribution in [-0.2, 0) is 38.8 Å². The molecule has 0 spiro atoms. The molecule has 0 bridgehead atoms. The lowest BCUT2D eigenvalue weighted by Gasteiger charge is -2.34. The van der Waals surface area contributed by atoms with Crippen LogP contribution in [-0.4, -0.2) is 44.3 Å². The predicted molar refractivity (Wildman–Crippen MR) is 167 cm³/mol. The smallest absolute Gasteiger partial charge is 0.355 e. The summed E-state index contributed by atoms with van der Waals surface area (Å²) in [5, 5.41) is 2.77. The van der Waals surface area contributed by atoms with Crippen LogP contribution in [0.25, 0.3) is 0 Å². The molecule has 4 aromatic rings. The highest BCUT2D eigenvalue weighted by atomic mass is 32.2. The lowest BCUT2D eigenvalue weighted by atomic mass is 10.0. The van der Waals surface area contributed by atoms with Gasteiger partial charge in [-0.2, -0.15) is 13.2 Å². The summed E-state index contributed by atoms with van der Waals surface area (Å²) in [6, 6.07) is 26.5. The van der Waals surface area contributed by atoms with E-state index in [1.54, 1.807) is 68.4 Å². The zero-order chi connectivity index (χ0) is 32.6. The first-order chi connectivity index (χ1) is 21.4. The van der Waals surface area contributed by atoms with E-state index in [2.05, 4.69) is 5.32 Å². The van der Waals surface area contributed by atoms with Gasteiger partial charge in [0.25, 0.3) is 10.0 Å². The van der Waals surface area contributed by atoms with Crippen molar-refractivity contribution in [2.75, 3.05) is 17.4 Å². The van der Waals surface area contributed by atoms with Gasteiger partial charge in [0.15, 0.2) is 0 Å². The molecular weight excluding hydrogens is 603 g/mol. The molecule has 2 amide bonds. The van der Waals surface area contributed by atoms with Crippen LogP contribution in [0.2, 0.25) is 0 Å². The van der Waals surface area contributed by atoms with Gasteiger partial charge in [0.2, 0.25) is 11.8 Å². The Morgan fingerprint density at radius 2 is 1.42 bits per heavy atom. The number of hydrogen-bond acceptors (Lipinski definition) is 4. The Hall–Kier alpha value is -4.64. The molecule has 0 unspecified atom stereocenters. The molecule has 0 aromatic heterocycles. The van der Waals surface area contributed by atoms with Crippen molar-refractivity contribution in [1.29, 1.82) is 0 Å². The Morgan fingerprint density at radius 3 is 2.00 bits per heavy atom. The van der Waals surface area contributed by atoms with E-state index in [4.69, 9.17) is 0 Å². The fourth-order valence-corrected chi connectivity index (χ4v) is 6.24. The summed E-state index contributed by atoms with van der Waals surface area (Å²) in [6.45, 7) is 2.89. The van der Waals surface area contributed by atoms with E-state index in [0.29, 0.717) is 15.9 Å². The lowest BCUT2D eigenvalue weighted by Crippen LogP contribution is -2.53. The van der Waals surface area contributed by atoms with Crippen LogP contribution in [0.3, 0.4) is 0 Å². The summed E-state index contributed by atoms with van der Waals surface area (Å²) >= 11 is 0. The number of alkyl halides is 3. The number of nitrogens with zero attached hydrogens (tertiary/aromatic N) is 2. The van der Waals surface area contributed by atoms with E-state index >= 15 is 0 Å². The van der Waals surface area contributed by atoms with Gasteiger partial charge in [-0.15, -0.1) is 0 Å². The summed E-state index contributed by atoms with van der Waals surface area (Å²) in [4.78, 5) is 28.9. The SMILES string of the molecule is CCNC(=O)[C@H](Cc1ccccc1)N(Cc1ccccc1)C(=O)CN(c1cccc(C(F)(F)F)c1)S(=O)(=O)c1ccc(C)cc1.